The van der Waals surface area contributed by atoms with Crippen LogP contribution < -0.4 is 10.5 Å². The molecule has 1 fully saturated rings. The van der Waals surface area contributed by atoms with Gasteiger partial charge in [-0.1, -0.05) is 47.0 Å². The fraction of sp³-hybridized carbons (Fsp3) is 0.417. The number of thiocarbonyl (C=S) groups is 1. The molecule has 0 amide bonds. The van der Waals surface area contributed by atoms with Crippen molar-refractivity contribution in [3.63, 3.8) is 0 Å². The van der Waals surface area contributed by atoms with Crippen LogP contribution in [0.2, 0.25) is 15.1 Å². The second-order valence-corrected chi connectivity index (χ2v) is 6.41. The molecule has 1 aliphatic rings. The molecule has 1 aromatic carbocycles. The summed E-state index contributed by atoms with van der Waals surface area (Å²) >= 11 is 22.9. The van der Waals surface area contributed by atoms with Gasteiger partial charge in [0, 0.05) is 16.9 Å². The lowest BCUT2D eigenvalue weighted by Crippen LogP contribution is -2.21. The first-order chi connectivity index (χ1) is 8.42. The Balaban J connectivity index is 2.05. The molecule has 0 heterocycles. The van der Waals surface area contributed by atoms with Crippen LogP contribution in [0.25, 0.3) is 0 Å². The normalized spacial score (nSPS) is 16.4. The molecule has 2 rings (SSSR count). The predicted molar refractivity (Wildman–Crippen MR) is 80.0 cm³/mol. The molecule has 2 N–H and O–H groups in total. The molecule has 0 unspecified atom stereocenters. The zero-order valence-corrected chi connectivity index (χ0v) is 12.6. The Morgan fingerprint density at radius 3 is 2.28 bits per heavy atom. The Morgan fingerprint density at radius 2 is 1.83 bits per heavy atom. The number of hydrogen-bond donors (Lipinski definition) is 1. The average molecular weight is 325 g/mol. The highest BCUT2D eigenvalue weighted by molar-refractivity contribution is 7.80. The lowest BCUT2D eigenvalue weighted by atomic mass is 10.0. The third kappa shape index (κ3) is 3.41. The van der Waals surface area contributed by atoms with Crippen molar-refractivity contribution in [2.45, 2.75) is 19.3 Å². The molecule has 0 bridgehead atoms. The fourth-order valence-corrected chi connectivity index (χ4v) is 3.04. The van der Waals surface area contributed by atoms with Gasteiger partial charge in [0.15, 0.2) is 5.75 Å². The molecule has 1 aromatic rings. The standard InChI is InChI=1S/C12H12Cl3NOS/c13-7-3-8(14)11(9(15)4-7)17-6-12(1-2-12)5-10(16)18/h3-4H,1-2,5-6H2,(H2,16,18). The van der Waals surface area contributed by atoms with Gasteiger partial charge >= 0.3 is 0 Å². The van der Waals surface area contributed by atoms with Gasteiger partial charge in [-0.2, -0.15) is 0 Å². The number of rotatable bonds is 5. The lowest BCUT2D eigenvalue weighted by molar-refractivity contribution is 0.239. The summed E-state index contributed by atoms with van der Waals surface area (Å²) in [6.07, 6.45) is 2.82. The summed E-state index contributed by atoms with van der Waals surface area (Å²) in [4.78, 5) is 0.518. The first-order valence-corrected chi connectivity index (χ1v) is 7.02. The fourth-order valence-electron chi connectivity index (χ4n) is 1.81. The summed E-state index contributed by atoms with van der Waals surface area (Å²) < 4.78 is 5.71. The Bertz CT molecular complexity index is 465. The number of ether oxygens (including phenoxy) is 1. The van der Waals surface area contributed by atoms with Crippen molar-refractivity contribution in [1.29, 1.82) is 0 Å². The van der Waals surface area contributed by atoms with Gasteiger partial charge in [-0.25, -0.2) is 0 Å². The first-order valence-electron chi connectivity index (χ1n) is 5.48. The minimum absolute atomic E-state index is 0.0676. The summed E-state index contributed by atoms with van der Waals surface area (Å²) in [6, 6.07) is 3.22. The third-order valence-corrected chi connectivity index (χ3v) is 3.92. The summed E-state index contributed by atoms with van der Waals surface area (Å²) in [5, 5.41) is 1.32. The number of benzene rings is 1. The molecule has 98 valence electrons. The second-order valence-electron chi connectivity index (χ2n) is 4.63. The molecule has 0 radical (unpaired) electrons. The maximum absolute atomic E-state index is 6.05. The Morgan fingerprint density at radius 1 is 1.28 bits per heavy atom. The van der Waals surface area contributed by atoms with Crippen molar-refractivity contribution >= 4 is 52.0 Å². The molecule has 0 spiro atoms. The van der Waals surface area contributed by atoms with E-state index in [1.807, 2.05) is 0 Å². The van der Waals surface area contributed by atoms with Gasteiger partial charge in [-0.15, -0.1) is 0 Å². The van der Waals surface area contributed by atoms with Gasteiger partial charge < -0.3 is 10.5 Å². The van der Waals surface area contributed by atoms with Gasteiger partial charge in [-0.05, 0) is 25.0 Å². The topological polar surface area (TPSA) is 35.2 Å². The van der Waals surface area contributed by atoms with Crippen molar-refractivity contribution in [2.24, 2.45) is 11.1 Å². The molecule has 18 heavy (non-hydrogen) atoms. The minimum atomic E-state index is 0.0676. The molecule has 0 saturated heterocycles. The molecule has 2 nitrogen and oxygen atoms in total. The van der Waals surface area contributed by atoms with Gasteiger partial charge in [0.1, 0.15) is 0 Å². The van der Waals surface area contributed by atoms with Crippen molar-refractivity contribution in [2.75, 3.05) is 6.61 Å². The second kappa shape index (κ2) is 5.41. The van der Waals surface area contributed by atoms with E-state index in [-0.39, 0.29) is 5.41 Å². The average Bonchev–Trinajstić information content (AvgIpc) is 2.95. The lowest BCUT2D eigenvalue weighted by Gasteiger charge is -2.17. The molecular formula is C12H12Cl3NOS. The number of halogens is 3. The number of nitrogens with two attached hydrogens (primary N) is 1. The third-order valence-electron chi connectivity index (χ3n) is 2.99. The smallest absolute Gasteiger partial charge is 0.156 e. The van der Waals surface area contributed by atoms with Crippen molar-refractivity contribution < 1.29 is 4.74 Å². The summed E-state index contributed by atoms with van der Waals surface area (Å²) in [5.74, 6) is 0.469. The van der Waals surface area contributed by atoms with E-state index in [0.29, 0.717) is 38.8 Å². The monoisotopic (exact) mass is 323 g/mol. The summed E-state index contributed by atoms with van der Waals surface area (Å²) in [5.41, 5.74) is 5.64. The van der Waals surface area contributed by atoms with Crippen LogP contribution in [0.1, 0.15) is 19.3 Å². The summed E-state index contributed by atoms with van der Waals surface area (Å²) in [7, 11) is 0. The van der Waals surface area contributed by atoms with Gasteiger partial charge in [-0.3, -0.25) is 0 Å². The molecule has 1 saturated carbocycles. The van der Waals surface area contributed by atoms with Crippen LogP contribution in [0, 0.1) is 5.41 Å². The number of hydrogen-bond acceptors (Lipinski definition) is 2. The van der Waals surface area contributed by atoms with Crippen molar-refractivity contribution in [1.82, 2.24) is 0 Å². The Kier molecular flexibility index (Phi) is 4.27. The molecule has 6 heteroatoms. The van der Waals surface area contributed by atoms with E-state index in [0.717, 1.165) is 12.8 Å². The maximum atomic E-state index is 6.05. The summed E-state index contributed by atoms with van der Waals surface area (Å²) in [6.45, 7) is 0.519. The molecular weight excluding hydrogens is 313 g/mol. The van der Waals surface area contributed by atoms with Gasteiger partial charge in [0.2, 0.25) is 0 Å². The Hall–Kier alpha value is -0.220. The van der Waals surface area contributed by atoms with Crippen molar-refractivity contribution in [3.05, 3.63) is 27.2 Å². The highest BCUT2D eigenvalue weighted by atomic mass is 35.5. The van der Waals surface area contributed by atoms with Crippen LogP contribution in [0.5, 0.6) is 5.75 Å². The molecule has 0 aliphatic heterocycles. The molecule has 0 aromatic heterocycles. The van der Waals surface area contributed by atoms with E-state index in [1.165, 1.54) is 0 Å². The zero-order valence-electron chi connectivity index (χ0n) is 9.51. The van der Waals surface area contributed by atoms with Gasteiger partial charge in [0.05, 0.1) is 21.6 Å². The van der Waals surface area contributed by atoms with E-state index in [4.69, 9.17) is 57.5 Å². The SMILES string of the molecule is NC(=S)CC1(COc2c(Cl)cc(Cl)cc2Cl)CC1. The van der Waals surface area contributed by atoms with Crippen LogP contribution in [0.4, 0.5) is 0 Å². The quantitative estimate of drug-likeness (QED) is 0.811. The van der Waals surface area contributed by atoms with Crippen LogP contribution >= 0.6 is 47.0 Å². The predicted octanol–water partition coefficient (Wildman–Crippen LogP) is 4.48. The van der Waals surface area contributed by atoms with Crippen LogP contribution in [0.15, 0.2) is 12.1 Å². The van der Waals surface area contributed by atoms with E-state index in [1.54, 1.807) is 12.1 Å². The van der Waals surface area contributed by atoms with Gasteiger partial charge in [0.25, 0.3) is 0 Å². The highest BCUT2D eigenvalue weighted by Gasteiger charge is 2.44. The van der Waals surface area contributed by atoms with Crippen LogP contribution in [0.3, 0.4) is 0 Å². The van der Waals surface area contributed by atoms with Crippen LogP contribution in [-0.2, 0) is 0 Å². The minimum Gasteiger partial charge on any atom is -0.490 e. The van der Waals surface area contributed by atoms with E-state index < -0.39 is 0 Å². The van der Waals surface area contributed by atoms with Crippen LogP contribution in [-0.4, -0.2) is 11.6 Å². The Labute approximate surface area is 126 Å². The maximum Gasteiger partial charge on any atom is 0.156 e. The van der Waals surface area contributed by atoms with Crippen molar-refractivity contribution in [3.8, 4) is 5.75 Å². The molecule has 0 atom stereocenters. The van der Waals surface area contributed by atoms with E-state index >= 15 is 0 Å². The van der Waals surface area contributed by atoms with E-state index in [9.17, 15) is 0 Å². The highest BCUT2D eigenvalue weighted by Crippen LogP contribution is 2.49. The largest absolute Gasteiger partial charge is 0.490 e. The van der Waals surface area contributed by atoms with E-state index in [2.05, 4.69) is 0 Å². The zero-order chi connectivity index (χ0) is 13.3. The molecule has 1 aliphatic carbocycles. The first kappa shape index (κ1) is 14.2.